The van der Waals surface area contributed by atoms with E-state index in [0.717, 1.165) is 19.2 Å². The minimum Gasteiger partial charge on any atom is -0.347 e. The molecule has 1 heterocycles. The van der Waals surface area contributed by atoms with Gasteiger partial charge < -0.3 is 9.79 Å². The Hall–Kier alpha value is -1.03. The fraction of sp³-hybridized carbons (Fsp3) is 0.500. The number of amides is 1. The number of rotatable bonds is 2. The molecule has 1 aliphatic rings. The van der Waals surface area contributed by atoms with Crippen molar-refractivity contribution in [2.75, 3.05) is 6.54 Å². The van der Waals surface area contributed by atoms with Gasteiger partial charge in [-0.25, -0.2) is 5.26 Å². The lowest BCUT2D eigenvalue weighted by atomic mass is 10.4. The smallest absolute Gasteiger partial charge is 0.226 e. The molecule has 4 nitrogen and oxygen atoms in total. The number of likely N-dealkylation sites (tertiary alicyclic amines) is 1. The third-order valence-electron chi connectivity index (χ3n) is 1.41. The molecule has 1 amide bonds. The van der Waals surface area contributed by atoms with E-state index < -0.39 is 0 Å². The van der Waals surface area contributed by atoms with Crippen LogP contribution in [0.5, 0.6) is 0 Å². The van der Waals surface area contributed by atoms with Crippen molar-refractivity contribution in [1.82, 2.24) is 4.90 Å². The fourth-order valence-corrected chi connectivity index (χ4v) is 0.927. The highest BCUT2D eigenvalue weighted by Crippen LogP contribution is 2.09. The van der Waals surface area contributed by atoms with Crippen molar-refractivity contribution in [3.63, 3.8) is 0 Å². The normalized spacial score (nSPS) is 18.9. The molecule has 0 saturated carbocycles. The van der Waals surface area contributed by atoms with E-state index >= 15 is 0 Å². The van der Waals surface area contributed by atoms with E-state index in [4.69, 9.17) is 5.26 Å². The average Bonchev–Trinajstić information content (AvgIpc) is 2.31. The van der Waals surface area contributed by atoms with Gasteiger partial charge in [-0.05, 0) is 6.42 Å². The van der Waals surface area contributed by atoms with Crippen molar-refractivity contribution in [3.05, 3.63) is 12.5 Å². The second-order valence-corrected chi connectivity index (χ2v) is 2.08. The second-order valence-electron chi connectivity index (χ2n) is 2.08. The molecule has 1 N–H and O–H groups in total. The molecule has 0 atom stereocenters. The Morgan fingerprint density at radius 3 is 3.00 bits per heavy atom. The molecule has 1 aliphatic heterocycles. The van der Waals surface area contributed by atoms with E-state index in [-0.39, 0.29) is 5.91 Å². The van der Waals surface area contributed by atoms with Crippen LogP contribution in [0, 0.1) is 0 Å². The topological polar surface area (TPSA) is 49.8 Å². The lowest BCUT2D eigenvalue weighted by Gasteiger charge is -2.06. The summed E-state index contributed by atoms with van der Waals surface area (Å²) in [6.45, 7) is 0.721. The lowest BCUT2D eigenvalue weighted by Crippen LogP contribution is -2.17. The molecule has 0 aromatic rings. The first kappa shape index (κ1) is 7.08. The Bertz CT molecular complexity index is 155. The molecule has 0 aromatic heterocycles. The summed E-state index contributed by atoms with van der Waals surface area (Å²) in [4.78, 5) is 16.0. The predicted molar refractivity (Wildman–Crippen MR) is 33.8 cm³/mol. The van der Waals surface area contributed by atoms with Crippen molar-refractivity contribution in [2.24, 2.45) is 0 Å². The van der Waals surface area contributed by atoms with Crippen LogP contribution >= 0.6 is 0 Å². The second kappa shape index (κ2) is 3.22. The van der Waals surface area contributed by atoms with Crippen molar-refractivity contribution >= 4 is 5.91 Å². The number of carbonyl (C=O) groups excluding carboxylic acids is 1. The zero-order valence-corrected chi connectivity index (χ0v) is 5.49. The van der Waals surface area contributed by atoms with E-state index in [1.54, 1.807) is 0 Å². The zero-order chi connectivity index (χ0) is 7.40. The summed E-state index contributed by atoms with van der Waals surface area (Å²) < 4.78 is 0. The maximum absolute atomic E-state index is 10.8. The summed E-state index contributed by atoms with van der Waals surface area (Å²) in [5, 5.41) is 7.89. The Labute approximate surface area is 58.6 Å². The third-order valence-corrected chi connectivity index (χ3v) is 1.41. The van der Waals surface area contributed by atoms with Crippen LogP contribution in [0.1, 0.15) is 12.8 Å². The van der Waals surface area contributed by atoms with Crippen LogP contribution in [-0.2, 0) is 9.68 Å². The molecule has 0 unspecified atom stereocenters. The molecule has 0 radical (unpaired) electrons. The van der Waals surface area contributed by atoms with Crippen LogP contribution in [0.4, 0.5) is 0 Å². The van der Waals surface area contributed by atoms with Gasteiger partial charge in [-0.2, -0.15) is 0 Å². The van der Waals surface area contributed by atoms with Gasteiger partial charge in [-0.1, -0.05) is 0 Å². The average molecular weight is 143 g/mol. The van der Waals surface area contributed by atoms with E-state index in [1.165, 1.54) is 11.1 Å². The Balaban J connectivity index is 2.40. The highest BCUT2D eigenvalue weighted by molar-refractivity contribution is 5.79. The van der Waals surface area contributed by atoms with Gasteiger partial charge in [0.25, 0.3) is 0 Å². The number of hydrogen-bond acceptors (Lipinski definition) is 3. The number of carbonyl (C=O) groups is 1. The quantitative estimate of drug-likeness (QED) is 0.349. The molecule has 4 heteroatoms. The Morgan fingerprint density at radius 2 is 2.50 bits per heavy atom. The maximum atomic E-state index is 10.8. The van der Waals surface area contributed by atoms with Crippen molar-refractivity contribution in [1.29, 1.82) is 0 Å². The summed E-state index contributed by atoms with van der Waals surface area (Å²) in [5.74, 6) is 0.0771. The van der Waals surface area contributed by atoms with E-state index in [0.29, 0.717) is 6.42 Å². The maximum Gasteiger partial charge on any atom is 0.226 e. The molecular formula is C6H9NO3. The van der Waals surface area contributed by atoms with Gasteiger partial charge in [0.15, 0.2) is 0 Å². The van der Waals surface area contributed by atoms with Crippen LogP contribution < -0.4 is 0 Å². The van der Waals surface area contributed by atoms with Gasteiger partial charge in [-0.15, -0.1) is 0 Å². The molecule has 0 spiro atoms. The summed E-state index contributed by atoms with van der Waals surface area (Å²) in [5.41, 5.74) is 0. The van der Waals surface area contributed by atoms with Crippen LogP contribution in [0.25, 0.3) is 0 Å². The largest absolute Gasteiger partial charge is 0.347 e. The van der Waals surface area contributed by atoms with Crippen LogP contribution in [0.15, 0.2) is 12.5 Å². The van der Waals surface area contributed by atoms with Crippen molar-refractivity contribution in [2.45, 2.75) is 12.8 Å². The minimum absolute atomic E-state index is 0.0771. The van der Waals surface area contributed by atoms with Gasteiger partial charge in [-0.3, -0.25) is 4.79 Å². The number of hydrogen-bond donors (Lipinski definition) is 1. The predicted octanol–water partition coefficient (Wildman–Crippen LogP) is 0.570. The molecule has 1 rings (SSSR count). The van der Waals surface area contributed by atoms with E-state index in [1.807, 2.05) is 0 Å². The monoisotopic (exact) mass is 143 g/mol. The fourth-order valence-electron chi connectivity index (χ4n) is 0.927. The Kier molecular flexibility index (Phi) is 2.28. The first-order chi connectivity index (χ1) is 4.84. The van der Waals surface area contributed by atoms with Crippen LogP contribution in [0.2, 0.25) is 0 Å². The zero-order valence-electron chi connectivity index (χ0n) is 5.49. The minimum atomic E-state index is 0.0771. The third kappa shape index (κ3) is 1.48. The van der Waals surface area contributed by atoms with Gasteiger partial charge >= 0.3 is 0 Å². The SMILES string of the molecule is O=C1CCCN1C=COO. The first-order valence-electron chi connectivity index (χ1n) is 3.11. The van der Waals surface area contributed by atoms with Gasteiger partial charge in [0.2, 0.25) is 5.91 Å². The molecule has 1 saturated heterocycles. The molecule has 1 fully saturated rings. The lowest BCUT2D eigenvalue weighted by molar-refractivity contribution is -0.187. The standard InChI is InChI=1S/C6H9NO3/c8-6-2-1-3-7(6)4-5-10-9/h4-5,9H,1-3H2. The van der Waals surface area contributed by atoms with Crippen LogP contribution in [-0.4, -0.2) is 22.6 Å². The number of nitrogens with zero attached hydrogens (tertiary/aromatic N) is 1. The van der Waals surface area contributed by atoms with Crippen molar-refractivity contribution in [3.8, 4) is 0 Å². The molecule has 56 valence electrons. The molecule has 0 aliphatic carbocycles. The summed E-state index contributed by atoms with van der Waals surface area (Å²) in [7, 11) is 0. The van der Waals surface area contributed by atoms with E-state index in [9.17, 15) is 4.79 Å². The molecular weight excluding hydrogens is 134 g/mol. The highest BCUT2D eigenvalue weighted by atomic mass is 17.1. The van der Waals surface area contributed by atoms with Gasteiger partial charge in [0.1, 0.15) is 6.26 Å². The molecule has 0 bridgehead atoms. The summed E-state index contributed by atoms with van der Waals surface area (Å²) in [6.07, 6.45) is 3.98. The summed E-state index contributed by atoms with van der Waals surface area (Å²) >= 11 is 0. The summed E-state index contributed by atoms with van der Waals surface area (Å²) in [6, 6.07) is 0. The Morgan fingerprint density at radius 1 is 1.70 bits per heavy atom. The van der Waals surface area contributed by atoms with Gasteiger partial charge in [0, 0.05) is 19.2 Å². The molecule has 0 aromatic carbocycles. The molecule has 10 heavy (non-hydrogen) atoms. The van der Waals surface area contributed by atoms with Crippen LogP contribution in [0.3, 0.4) is 0 Å². The highest BCUT2D eigenvalue weighted by Gasteiger charge is 2.17. The first-order valence-corrected chi connectivity index (χ1v) is 3.11. The van der Waals surface area contributed by atoms with Crippen molar-refractivity contribution < 1.29 is 14.9 Å². The van der Waals surface area contributed by atoms with E-state index in [2.05, 4.69) is 4.89 Å². The van der Waals surface area contributed by atoms with Gasteiger partial charge in [0.05, 0.1) is 0 Å².